The van der Waals surface area contributed by atoms with E-state index in [0.717, 1.165) is 5.56 Å². The molecular weight excluding hydrogens is 306 g/mol. The molecule has 6 heteroatoms. The SMILES string of the molecule is CCOC(=O)[C@H](Cl)[C@@H](c1ccccc1)[C@H](C)N(C)C(=O)OC. The van der Waals surface area contributed by atoms with Crippen LogP contribution >= 0.6 is 11.6 Å². The van der Waals surface area contributed by atoms with Gasteiger partial charge in [-0.2, -0.15) is 0 Å². The summed E-state index contributed by atoms with van der Waals surface area (Å²) in [7, 11) is 2.92. The number of carbonyl (C=O) groups excluding carboxylic acids is 2. The van der Waals surface area contributed by atoms with Crippen LogP contribution in [0.15, 0.2) is 30.3 Å². The normalized spacial score (nSPS) is 14.6. The van der Waals surface area contributed by atoms with Crippen molar-refractivity contribution in [1.82, 2.24) is 4.90 Å². The smallest absolute Gasteiger partial charge is 0.409 e. The lowest BCUT2D eigenvalue weighted by Gasteiger charge is -2.33. The van der Waals surface area contributed by atoms with Crippen molar-refractivity contribution in [2.45, 2.75) is 31.2 Å². The fourth-order valence-electron chi connectivity index (χ4n) is 2.29. The van der Waals surface area contributed by atoms with Gasteiger partial charge in [0.15, 0.2) is 0 Å². The molecular formula is C16H22ClNO4. The summed E-state index contributed by atoms with van der Waals surface area (Å²) in [4.78, 5) is 25.2. The summed E-state index contributed by atoms with van der Waals surface area (Å²) in [5.41, 5.74) is 0.860. The van der Waals surface area contributed by atoms with Gasteiger partial charge in [-0.15, -0.1) is 11.6 Å². The number of likely N-dealkylation sites (N-methyl/N-ethyl adjacent to an activating group) is 1. The molecule has 0 spiro atoms. The molecule has 122 valence electrons. The quantitative estimate of drug-likeness (QED) is 0.595. The Labute approximate surface area is 136 Å². The molecule has 1 rings (SSSR count). The minimum absolute atomic E-state index is 0.255. The number of rotatable bonds is 6. The Balaban J connectivity index is 3.11. The molecule has 0 radical (unpaired) electrons. The Hall–Kier alpha value is -1.75. The second-order valence-corrected chi connectivity index (χ2v) is 5.38. The summed E-state index contributed by atoms with van der Waals surface area (Å²) in [5, 5.41) is -0.899. The average molecular weight is 328 g/mol. The van der Waals surface area contributed by atoms with E-state index in [1.807, 2.05) is 37.3 Å². The number of hydrogen-bond donors (Lipinski definition) is 0. The van der Waals surface area contributed by atoms with E-state index < -0.39 is 23.4 Å². The van der Waals surface area contributed by atoms with E-state index in [4.69, 9.17) is 21.1 Å². The molecule has 0 saturated carbocycles. The molecule has 5 nitrogen and oxygen atoms in total. The Morgan fingerprint density at radius 3 is 2.36 bits per heavy atom. The van der Waals surface area contributed by atoms with Gasteiger partial charge in [0.2, 0.25) is 0 Å². The number of carbonyl (C=O) groups is 2. The zero-order chi connectivity index (χ0) is 16.7. The third kappa shape index (κ3) is 4.37. The molecule has 0 bridgehead atoms. The first kappa shape index (κ1) is 18.3. The Morgan fingerprint density at radius 1 is 1.27 bits per heavy atom. The zero-order valence-corrected chi connectivity index (χ0v) is 14.0. The summed E-state index contributed by atoms with van der Waals surface area (Å²) in [6.07, 6.45) is -0.485. The van der Waals surface area contributed by atoms with Gasteiger partial charge < -0.3 is 14.4 Å². The largest absolute Gasteiger partial charge is 0.465 e. The lowest BCUT2D eigenvalue weighted by molar-refractivity contribution is -0.143. The summed E-state index contributed by atoms with van der Waals surface area (Å²) >= 11 is 6.34. The second-order valence-electron chi connectivity index (χ2n) is 4.91. The molecule has 1 aromatic rings. The van der Waals surface area contributed by atoms with Crippen LogP contribution < -0.4 is 0 Å². The van der Waals surface area contributed by atoms with Gasteiger partial charge in [0.25, 0.3) is 0 Å². The monoisotopic (exact) mass is 327 g/mol. The van der Waals surface area contributed by atoms with E-state index in [-0.39, 0.29) is 12.6 Å². The minimum atomic E-state index is -0.899. The maximum absolute atomic E-state index is 12.0. The van der Waals surface area contributed by atoms with Crippen LogP contribution in [0.1, 0.15) is 25.3 Å². The third-order valence-corrected chi connectivity index (χ3v) is 4.05. The number of hydrogen-bond acceptors (Lipinski definition) is 4. The molecule has 0 heterocycles. The Morgan fingerprint density at radius 2 is 1.86 bits per heavy atom. The molecule has 0 aromatic heterocycles. The molecule has 0 fully saturated rings. The van der Waals surface area contributed by atoms with Crippen molar-refractivity contribution in [2.24, 2.45) is 0 Å². The highest BCUT2D eigenvalue weighted by atomic mass is 35.5. The number of nitrogens with zero attached hydrogens (tertiary/aromatic N) is 1. The molecule has 0 N–H and O–H groups in total. The summed E-state index contributed by atoms with van der Waals surface area (Å²) in [6.45, 7) is 3.80. The number of benzene rings is 1. The molecule has 3 atom stereocenters. The molecule has 0 aliphatic rings. The average Bonchev–Trinajstić information content (AvgIpc) is 2.54. The van der Waals surface area contributed by atoms with Gasteiger partial charge in [0, 0.05) is 19.0 Å². The summed E-state index contributed by atoms with van der Waals surface area (Å²) in [5.74, 6) is -0.908. The van der Waals surface area contributed by atoms with Crippen LogP contribution in [0.25, 0.3) is 0 Å². The Bertz CT molecular complexity index is 494. The predicted octanol–water partition coefficient (Wildman–Crippen LogP) is 3.03. The molecule has 0 saturated heterocycles. The number of amides is 1. The highest BCUT2D eigenvalue weighted by Crippen LogP contribution is 2.31. The van der Waals surface area contributed by atoms with Crippen molar-refractivity contribution in [2.75, 3.05) is 20.8 Å². The van der Waals surface area contributed by atoms with Gasteiger partial charge in [-0.3, -0.25) is 4.79 Å². The Kier molecular flexibility index (Phi) is 7.18. The van der Waals surface area contributed by atoms with Crippen LogP contribution in [0.4, 0.5) is 4.79 Å². The lowest BCUT2D eigenvalue weighted by Crippen LogP contribution is -2.43. The van der Waals surface area contributed by atoms with Crippen molar-refractivity contribution >= 4 is 23.7 Å². The van der Waals surface area contributed by atoms with E-state index >= 15 is 0 Å². The number of methoxy groups -OCH3 is 1. The molecule has 1 aromatic carbocycles. The predicted molar refractivity (Wildman–Crippen MR) is 85.1 cm³/mol. The molecule has 0 aliphatic heterocycles. The van der Waals surface area contributed by atoms with E-state index in [1.54, 1.807) is 14.0 Å². The van der Waals surface area contributed by atoms with Gasteiger partial charge >= 0.3 is 12.1 Å². The summed E-state index contributed by atoms with van der Waals surface area (Å²) in [6, 6.07) is 9.01. The van der Waals surface area contributed by atoms with Gasteiger partial charge in [0.05, 0.1) is 13.7 Å². The first-order valence-electron chi connectivity index (χ1n) is 7.10. The van der Waals surface area contributed by atoms with Crippen molar-refractivity contribution in [3.63, 3.8) is 0 Å². The van der Waals surface area contributed by atoms with Crippen LogP contribution in [0.2, 0.25) is 0 Å². The fraction of sp³-hybridized carbons (Fsp3) is 0.500. The van der Waals surface area contributed by atoms with Crippen LogP contribution in [0.3, 0.4) is 0 Å². The van der Waals surface area contributed by atoms with Gasteiger partial charge in [-0.1, -0.05) is 30.3 Å². The number of halogens is 1. The summed E-state index contributed by atoms with van der Waals surface area (Å²) < 4.78 is 9.75. The van der Waals surface area contributed by atoms with Crippen molar-refractivity contribution in [3.8, 4) is 0 Å². The van der Waals surface area contributed by atoms with Crippen LogP contribution in [0, 0.1) is 0 Å². The first-order valence-corrected chi connectivity index (χ1v) is 7.54. The molecule has 0 aliphatic carbocycles. The van der Waals surface area contributed by atoms with Crippen LogP contribution in [0.5, 0.6) is 0 Å². The number of alkyl halides is 1. The van der Waals surface area contributed by atoms with Gasteiger partial charge in [-0.25, -0.2) is 4.79 Å². The molecule has 22 heavy (non-hydrogen) atoms. The maximum Gasteiger partial charge on any atom is 0.409 e. The minimum Gasteiger partial charge on any atom is -0.465 e. The topological polar surface area (TPSA) is 55.8 Å². The van der Waals surface area contributed by atoms with E-state index in [2.05, 4.69) is 0 Å². The highest BCUT2D eigenvalue weighted by molar-refractivity contribution is 6.30. The zero-order valence-electron chi connectivity index (χ0n) is 13.3. The lowest BCUT2D eigenvalue weighted by atomic mass is 9.88. The van der Waals surface area contributed by atoms with Gasteiger partial charge in [0.1, 0.15) is 5.38 Å². The van der Waals surface area contributed by atoms with Crippen molar-refractivity contribution in [3.05, 3.63) is 35.9 Å². The first-order chi connectivity index (χ1) is 10.4. The number of ether oxygens (including phenoxy) is 2. The molecule has 1 amide bonds. The second kappa shape index (κ2) is 8.63. The number of esters is 1. The van der Waals surface area contributed by atoms with Crippen LogP contribution in [-0.2, 0) is 14.3 Å². The van der Waals surface area contributed by atoms with Crippen molar-refractivity contribution < 1.29 is 19.1 Å². The van der Waals surface area contributed by atoms with Crippen molar-refractivity contribution in [1.29, 1.82) is 0 Å². The fourth-order valence-corrected chi connectivity index (χ4v) is 2.71. The third-order valence-electron chi connectivity index (χ3n) is 3.60. The molecule has 0 unspecified atom stereocenters. The highest BCUT2D eigenvalue weighted by Gasteiger charge is 2.36. The van der Waals surface area contributed by atoms with E-state index in [9.17, 15) is 9.59 Å². The maximum atomic E-state index is 12.0. The van der Waals surface area contributed by atoms with Gasteiger partial charge in [-0.05, 0) is 19.4 Å². The van der Waals surface area contributed by atoms with E-state index in [0.29, 0.717) is 0 Å². The van der Waals surface area contributed by atoms with E-state index in [1.165, 1.54) is 12.0 Å². The van der Waals surface area contributed by atoms with Crippen LogP contribution in [-0.4, -0.2) is 49.1 Å². The standard InChI is InChI=1S/C16H22ClNO4/c1-5-22-15(19)14(17)13(12-9-7-6-8-10-12)11(2)18(3)16(20)21-4/h6-11,13-14H,5H2,1-4H3/t11-,13+,14+/m0/s1.